The second-order valence-electron chi connectivity index (χ2n) is 4.89. The maximum Gasteiger partial charge on any atom is 0.186 e. The lowest BCUT2D eigenvalue weighted by Gasteiger charge is -2.20. The van der Waals surface area contributed by atoms with E-state index in [1.165, 1.54) is 7.11 Å². The Morgan fingerprint density at radius 2 is 1.79 bits per heavy atom. The highest BCUT2D eigenvalue weighted by molar-refractivity contribution is 4.88. The molecule has 0 aliphatic carbocycles. The number of rotatable bonds is 10. The normalized spacial score (nSPS) is 30.9. The Balaban J connectivity index is 2.40. The molecule has 1 aliphatic heterocycles. The van der Waals surface area contributed by atoms with E-state index in [2.05, 4.69) is 13.8 Å². The van der Waals surface area contributed by atoms with Crippen LogP contribution in [0.1, 0.15) is 39.5 Å². The molecule has 1 unspecified atom stereocenters. The third-order valence-corrected chi connectivity index (χ3v) is 3.26. The molecule has 0 bridgehead atoms. The van der Waals surface area contributed by atoms with E-state index in [9.17, 15) is 5.11 Å². The van der Waals surface area contributed by atoms with Crippen molar-refractivity contribution in [2.24, 2.45) is 0 Å². The molecule has 1 aliphatic rings. The van der Waals surface area contributed by atoms with Crippen molar-refractivity contribution < 1.29 is 24.1 Å². The van der Waals surface area contributed by atoms with Crippen LogP contribution in [-0.2, 0) is 18.9 Å². The summed E-state index contributed by atoms with van der Waals surface area (Å²) < 4.78 is 22.0. The highest BCUT2D eigenvalue weighted by Crippen LogP contribution is 2.25. The number of ether oxygens (including phenoxy) is 4. The van der Waals surface area contributed by atoms with Gasteiger partial charge in [0.1, 0.15) is 18.3 Å². The van der Waals surface area contributed by atoms with Crippen molar-refractivity contribution in [2.75, 3.05) is 26.9 Å². The average Bonchev–Trinajstić information content (AvgIpc) is 2.72. The van der Waals surface area contributed by atoms with Crippen molar-refractivity contribution in [3.63, 3.8) is 0 Å². The van der Waals surface area contributed by atoms with Gasteiger partial charge in [-0.05, 0) is 12.8 Å². The minimum absolute atomic E-state index is 0.256. The van der Waals surface area contributed by atoms with Crippen LogP contribution < -0.4 is 0 Å². The van der Waals surface area contributed by atoms with Gasteiger partial charge >= 0.3 is 0 Å². The van der Waals surface area contributed by atoms with E-state index < -0.39 is 12.4 Å². The summed E-state index contributed by atoms with van der Waals surface area (Å²) in [6, 6.07) is 0. The molecule has 1 rings (SSSR count). The molecule has 1 fully saturated rings. The molecule has 5 nitrogen and oxygen atoms in total. The zero-order chi connectivity index (χ0) is 14.1. The van der Waals surface area contributed by atoms with E-state index in [-0.39, 0.29) is 12.2 Å². The maximum absolute atomic E-state index is 10.1. The first-order valence-electron chi connectivity index (χ1n) is 7.30. The Bertz CT molecular complexity index is 224. The number of unbranched alkanes of at least 4 members (excludes halogenated alkanes) is 2. The summed E-state index contributed by atoms with van der Waals surface area (Å²) in [4.78, 5) is 0. The minimum atomic E-state index is -0.748. The Morgan fingerprint density at radius 1 is 1.11 bits per heavy atom. The SMILES string of the molecule is CCCCOC[C@H]1OC(OC)[C@@H](O)[C@@H]1OCCCC. The van der Waals surface area contributed by atoms with Crippen molar-refractivity contribution in [1.82, 2.24) is 0 Å². The largest absolute Gasteiger partial charge is 0.385 e. The van der Waals surface area contributed by atoms with Crippen molar-refractivity contribution in [1.29, 1.82) is 0 Å². The van der Waals surface area contributed by atoms with Crippen LogP contribution in [0.5, 0.6) is 0 Å². The summed E-state index contributed by atoms with van der Waals surface area (Å²) >= 11 is 0. The number of hydrogen-bond acceptors (Lipinski definition) is 5. The molecule has 0 aromatic carbocycles. The van der Waals surface area contributed by atoms with Gasteiger partial charge < -0.3 is 24.1 Å². The van der Waals surface area contributed by atoms with Gasteiger partial charge in [-0.25, -0.2) is 0 Å². The van der Waals surface area contributed by atoms with E-state index in [1.807, 2.05) is 0 Å². The third kappa shape index (κ3) is 5.36. The maximum atomic E-state index is 10.1. The van der Waals surface area contributed by atoms with Gasteiger partial charge in [0.05, 0.1) is 6.61 Å². The topological polar surface area (TPSA) is 57.2 Å². The van der Waals surface area contributed by atoms with Crippen LogP contribution in [-0.4, -0.2) is 56.6 Å². The van der Waals surface area contributed by atoms with Crippen molar-refractivity contribution in [3.05, 3.63) is 0 Å². The number of hydrogen-bond donors (Lipinski definition) is 1. The number of aliphatic hydroxyl groups is 1. The monoisotopic (exact) mass is 276 g/mol. The molecule has 0 spiro atoms. The number of methoxy groups -OCH3 is 1. The molecule has 1 N–H and O–H groups in total. The lowest BCUT2D eigenvalue weighted by atomic mass is 10.1. The van der Waals surface area contributed by atoms with E-state index in [1.54, 1.807) is 0 Å². The summed E-state index contributed by atoms with van der Waals surface area (Å²) in [5.74, 6) is 0. The summed E-state index contributed by atoms with van der Waals surface area (Å²) in [6.45, 7) is 6.01. The first-order valence-corrected chi connectivity index (χ1v) is 7.30. The van der Waals surface area contributed by atoms with Gasteiger partial charge in [0.15, 0.2) is 6.29 Å². The molecular weight excluding hydrogens is 248 g/mol. The fraction of sp³-hybridized carbons (Fsp3) is 1.00. The van der Waals surface area contributed by atoms with Gasteiger partial charge in [-0.15, -0.1) is 0 Å². The highest BCUT2D eigenvalue weighted by atomic mass is 16.7. The van der Waals surface area contributed by atoms with Gasteiger partial charge in [0.2, 0.25) is 0 Å². The van der Waals surface area contributed by atoms with Crippen LogP contribution in [0.4, 0.5) is 0 Å². The minimum Gasteiger partial charge on any atom is -0.385 e. The van der Waals surface area contributed by atoms with Crippen molar-refractivity contribution >= 4 is 0 Å². The number of aliphatic hydroxyl groups excluding tert-OH is 1. The molecule has 114 valence electrons. The van der Waals surface area contributed by atoms with Crippen LogP contribution in [0.25, 0.3) is 0 Å². The van der Waals surface area contributed by atoms with Crippen LogP contribution in [0.15, 0.2) is 0 Å². The fourth-order valence-electron chi connectivity index (χ4n) is 2.05. The van der Waals surface area contributed by atoms with E-state index in [0.29, 0.717) is 19.8 Å². The molecule has 0 amide bonds. The molecular formula is C14H28O5. The third-order valence-electron chi connectivity index (χ3n) is 3.26. The second kappa shape index (κ2) is 9.66. The molecule has 1 heterocycles. The lowest BCUT2D eigenvalue weighted by Crippen LogP contribution is -2.37. The summed E-state index contributed by atoms with van der Waals surface area (Å²) in [5, 5.41) is 10.1. The molecule has 5 heteroatoms. The van der Waals surface area contributed by atoms with Crippen molar-refractivity contribution in [2.45, 2.75) is 64.1 Å². The Kier molecular flexibility index (Phi) is 8.57. The van der Waals surface area contributed by atoms with Gasteiger partial charge in [-0.3, -0.25) is 0 Å². The van der Waals surface area contributed by atoms with E-state index in [4.69, 9.17) is 18.9 Å². The highest BCUT2D eigenvalue weighted by Gasteiger charge is 2.44. The summed E-state index contributed by atoms with van der Waals surface area (Å²) in [7, 11) is 1.53. The lowest BCUT2D eigenvalue weighted by molar-refractivity contribution is -0.156. The average molecular weight is 276 g/mol. The Hall–Kier alpha value is -0.200. The van der Waals surface area contributed by atoms with Crippen molar-refractivity contribution in [3.8, 4) is 0 Å². The van der Waals surface area contributed by atoms with Crippen LogP contribution in [0.2, 0.25) is 0 Å². The van der Waals surface area contributed by atoms with Gasteiger partial charge in [-0.2, -0.15) is 0 Å². The zero-order valence-corrected chi connectivity index (χ0v) is 12.3. The summed E-state index contributed by atoms with van der Waals surface area (Å²) in [6.07, 6.45) is 2.19. The quantitative estimate of drug-likeness (QED) is 0.616. The standard InChI is InChI=1S/C14H28O5/c1-4-6-8-17-10-11-13(18-9-7-5-2)12(15)14(16-3)19-11/h11-15H,4-10H2,1-3H3/t11-,12+,13-,14?/m1/s1. The molecule has 0 saturated carbocycles. The summed E-state index contributed by atoms with van der Waals surface area (Å²) in [5.41, 5.74) is 0. The predicted molar refractivity (Wildman–Crippen MR) is 72.1 cm³/mol. The van der Waals surface area contributed by atoms with Gasteiger partial charge in [0, 0.05) is 20.3 Å². The first-order chi connectivity index (χ1) is 9.24. The van der Waals surface area contributed by atoms with Gasteiger partial charge in [0.25, 0.3) is 0 Å². The van der Waals surface area contributed by atoms with E-state index >= 15 is 0 Å². The molecule has 0 radical (unpaired) electrons. The van der Waals surface area contributed by atoms with Crippen LogP contribution in [0, 0.1) is 0 Å². The van der Waals surface area contributed by atoms with Gasteiger partial charge in [-0.1, -0.05) is 26.7 Å². The Morgan fingerprint density at radius 3 is 2.42 bits per heavy atom. The molecule has 0 aromatic rings. The predicted octanol–water partition coefficient (Wildman–Crippen LogP) is 1.72. The molecule has 19 heavy (non-hydrogen) atoms. The van der Waals surface area contributed by atoms with Crippen LogP contribution >= 0.6 is 0 Å². The Labute approximate surface area is 116 Å². The van der Waals surface area contributed by atoms with Crippen LogP contribution in [0.3, 0.4) is 0 Å². The molecule has 4 atom stereocenters. The second-order valence-corrected chi connectivity index (χ2v) is 4.89. The molecule has 1 saturated heterocycles. The molecule has 0 aromatic heterocycles. The smallest absolute Gasteiger partial charge is 0.186 e. The van der Waals surface area contributed by atoms with E-state index in [0.717, 1.165) is 25.7 Å². The zero-order valence-electron chi connectivity index (χ0n) is 12.3. The fourth-order valence-corrected chi connectivity index (χ4v) is 2.05. The first kappa shape index (κ1) is 16.9.